The van der Waals surface area contributed by atoms with Gasteiger partial charge in [0.1, 0.15) is 5.82 Å². The van der Waals surface area contributed by atoms with E-state index in [9.17, 15) is 9.18 Å². The maximum Gasteiger partial charge on any atom is 0.256 e. The van der Waals surface area contributed by atoms with Crippen LogP contribution in [0.5, 0.6) is 0 Å². The van der Waals surface area contributed by atoms with Crippen molar-refractivity contribution < 1.29 is 4.39 Å². The number of nitrogens with one attached hydrogen (secondary N) is 1. The van der Waals surface area contributed by atoms with E-state index in [0.29, 0.717) is 18.2 Å². The van der Waals surface area contributed by atoms with E-state index in [0.717, 1.165) is 41.2 Å². The molecule has 0 saturated carbocycles. The van der Waals surface area contributed by atoms with Gasteiger partial charge in [-0.25, -0.2) is 14.1 Å². The molecule has 0 amide bonds. The highest BCUT2D eigenvalue weighted by Gasteiger charge is 2.22. The van der Waals surface area contributed by atoms with Gasteiger partial charge in [0.2, 0.25) is 0 Å². The quantitative estimate of drug-likeness (QED) is 0.553. The molecule has 3 heterocycles. The molecule has 0 atom stereocenters. The number of aromatic amines is 1. The van der Waals surface area contributed by atoms with Crippen LogP contribution in [0.1, 0.15) is 22.5 Å². The number of halogens is 1. The lowest BCUT2D eigenvalue weighted by molar-refractivity contribution is 0.240. The van der Waals surface area contributed by atoms with Crippen molar-refractivity contribution in [1.82, 2.24) is 24.6 Å². The van der Waals surface area contributed by atoms with E-state index in [2.05, 4.69) is 20.0 Å². The third-order valence-corrected chi connectivity index (χ3v) is 5.48. The van der Waals surface area contributed by atoms with E-state index in [-0.39, 0.29) is 11.4 Å². The molecule has 1 aromatic carbocycles. The van der Waals surface area contributed by atoms with Gasteiger partial charge < -0.3 is 4.98 Å². The second kappa shape index (κ2) is 7.28. The molecule has 0 saturated heterocycles. The van der Waals surface area contributed by atoms with Gasteiger partial charge in [-0.1, -0.05) is 11.8 Å². The Morgan fingerprint density at radius 1 is 1.30 bits per heavy atom. The van der Waals surface area contributed by atoms with Crippen molar-refractivity contribution in [2.75, 3.05) is 12.8 Å². The van der Waals surface area contributed by atoms with Crippen molar-refractivity contribution in [3.63, 3.8) is 0 Å². The summed E-state index contributed by atoms with van der Waals surface area (Å²) in [4.78, 5) is 21.9. The van der Waals surface area contributed by atoms with E-state index < -0.39 is 0 Å². The zero-order chi connectivity index (χ0) is 19.0. The van der Waals surface area contributed by atoms with E-state index in [1.54, 1.807) is 12.1 Å². The SMILES string of the molecule is CSc1nc2c(c(=O)[nH]1)CN(Cc1cnn(-c3ccc(F)cc3)c1C)CC2. The van der Waals surface area contributed by atoms with Crippen molar-refractivity contribution in [3.05, 3.63) is 69.1 Å². The summed E-state index contributed by atoms with van der Waals surface area (Å²) in [6, 6.07) is 6.29. The van der Waals surface area contributed by atoms with Gasteiger partial charge in [0.15, 0.2) is 5.16 Å². The molecule has 0 spiro atoms. The maximum absolute atomic E-state index is 13.1. The summed E-state index contributed by atoms with van der Waals surface area (Å²) < 4.78 is 15.0. The summed E-state index contributed by atoms with van der Waals surface area (Å²) in [5.74, 6) is -0.265. The van der Waals surface area contributed by atoms with E-state index in [1.165, 1.54) is 23.9 Å². The summed E-state index contributed by atoms with van der Waals surface area (Å²) in [6.45, 7) is 4.13. The molecular formula is C19H20FN5OS. The Bertz CT molecular complexity index is 1030. The van der Waals surface area contributed by atoms with E-state index >= 15 is 0 Å². The molecule has 0 radical (unpaired) electrons. The van der Waals surface area contributed by atoms with Gasteiger partial charge in [-0.05, 0) is 37.4 Å². The molecule has 1 aliphatic rings. The van der Waals surface area contributed by atoms with Crippen LogP contribution in [0.4, 0.5) is 4.39 Å². The third kappa shape index (κ3) is 3.54. The molecule has 0 bridgehead atoms. The summed E-state index contributed by atoms with van der Waals surface area (Å²) in [5, 5.41) is 5.12. The number of rotatable bonds is 4. The number of benzene rings is 1. The number of thioether (sulfide) groups is 1. The molecule has 1 N–H and O–H groups in total. The number of fused-ring (bicyclic) bond motifs is 1. The molecule has 1 aliphatic heterocycles. The fourth-order valence-electron chi connectivity index (χ4n) is 3.37. The molecule has 0 aliphatic carbocycles. The number of hydrogen-bond acceptors (Lipinski definition) is 5. The van der Waals surface area contributed by atoms with Crippen molar-refractivity contribution >= 4 is 11.8 Å². The summed E-state index contributed by atoms with van der Waals surface area (Å²) in [5.41, 5.74) is 4.54. The van der Waals surface area contributed by atoms with Crippen LogP contribution in [-0.4, -0.2) is 37.4 Å². The number of nitrogens with zero attached hydrogens (tertiary/aromatic N) is 4. The van der Waals surface area contributed by atoms with Crippen LogP contribution in [-0.2, 0) is 19.5 Å². The average molecular weight is 385 g/mol. The van der Waals surface area contributed by atoms with Crippen LogP contribution >= 0.6 is 11.8 Å². The molecule has 0 fully saturated rings. The van der Waals surface area contributed by atoms with Crippen molar-refractivity contribution in [2.24, 2.45) is 0 Å². The number of aromatic nitrogens is 4. The molecule has 0 unspecified atom stereocenters. The van der Waals surface area contributed by atoms with E-state index in [1.807, 2.05) is 24.1 Å². The van der Waals surface area contributed by atoms with Gasteiger partial charge >= 0.3 is 0 Å². The van der Waals surface area contributed by atoms with Crippen LogP contribution in [0.25, 0.3) is 5.69 Å². The topological polar surface area (TPSA) is 66.8 Å². The molecule has 8 heteroatoms. The highest BCUT2D eigenvalue weighted by atomic mass is 32.2. The third-order valence-electron chi connectivity index (χ3n) is 4.90. The Hall–Kier alpha value is -2.45. The Balaban J connectivity index is 1.54. The zero-order valence-electron chi connectivity index (χ0n) is 15.2. The fourth-order valence-corrected chi connectivity index (χ4v) is 3.77. The smallest absolute Gasteiger partial charge is 0.256 e. The Kier molecular flexibility index (Phi) is 4.84. The van der Waals surface area contributed by atoms with Crippen LogP contribution in [0.2, 0.25) is 0 Å². The van der Waals surface area contributed by atoms with Gasteiger partial charge in [0.05, 0.1) is 23.1 Å². The zero-order valence-corrected chi connectivity index (χ0v) is 16.0. The summed E-state index contributed by atoms with van der Waals surface area (Å²) in [6.07, 6.45) is 4.51. The highest BCUT2D eigenvalue weighted by Crippen LogP contribution is 2.21. The molecular weight excluding hydrogens is 365 g/mol. The van der Waals surface area contributed by atoms with Gasteiger partial charge in [-0.2, -0.15) is 5.10 Å². The standard InChI is InChI=1S/C19H20FN5OS/c1-12-13(9-21-25(12)15-5-3-14(20)4-6-15)10-24-8-7-17-16(11-24)18(26)23-19(22-17)27-2/h3-6,9H,7-8,10-11H2,1-2H3,(H,22,23,26). The van der Waals surface area contributed by atoms with Crippen molar-refractivity contribution in [3.8, 4) is 5.69 Å². The Morgan fingerprint density at radius 3 is 2.81 bits per heavy atom. The Labute approximate surface area is 160 Å². The Morgan fingerprint density at radius 2 is 2.07 bits per heavy atom. The molecule has 3 aromatic rings. The molecule has 6 nitrogen and oxygen atoms in total. The lowest BCUT2D eigenvalue weighted by atomic mass is 10.1. The van der Waals surface area contributed by atoms with Gasteiger partial charge in [-0.3, -0.25) is 9.69 Å². The predicted octanol–water partition coefficient (Wildman–Crippen LogP) is 2.68. The van der Waals surface area contributed by atoms with Gasteiger partial charge in [0.25, 0.3) is 5.56 Å². The molecule has 2 aromatic heterocycles. The largest absolute Gasteiger partial charge is 0.301 e. The second-order valence-electron chi connectivity index (χ2n) is 6.60. The van der Waals surface area contributed by atoms with E-state index in [4.69, 9.17) is 0 Å². The van der Waals surface area contributed by atoms with Crippen LogP contribution < -0.4 is 5.56 Å². The highest BCUT2D eigenvalue weighted by molar-refractivity contribution is 7.98. The van der Waals surface area contributed by atoms with Crippen molar-refractivity contribution in [1.29, 1.82) is 0 Å². The molecule has 4 rings (SSSR count). The normalized spacial score (nSPS) is 14.3. The average Bonchev–Trinajstić information content (AvgIpc) is 3.03. The van der Waals surface area contributed by atoms with Crippen LogP contribution in [0, 0.1) is 12.7 Å². The minimum Gasteiger partial charge on any atom is -0.301 e. The summed E-state index contributed by atoms with van der Waals surface area (Å²) >= 11 is 1.45. The first-order chi connectivity index (χ1) is 13.0. The van der Waals surface area contributed by atoms with Crippen molar-refractivity contribution in [2.45, 2.75) is 31.6 Å². The minimum atomic E-state index is -0.265. The van der Waals surface area contributed by atoms with Gasteiger partial charge in [0, 0.05) is 37.3 Å². The number of H-pyrrole nitrogens is 1. The fraction of sp³-hybridized carbons (Fsp3) is 0.316. The second-order valence-corrected chi connectivity index (χ2v) is 7.40. The molecule has 27 heavy (non-hydrogen) atoms. The molecule has 140 valence electrons. The monoisotopic (exact) mass is 385 g/mol. The first-order valence-corrected chi connectivity index (χ1v) is 9.95. The first-order valence-electron chi connectivity index (χ1n) is 8.73. The van der Waals surface area contributed by atoms with Gasteiger partial charge in [-0.15, -0.1) is 0 Å². The van der Waals surface area contributed by atoms with Crippen LogP contribution in [0.3, 0.4) is 0 Å². The predicted molar refractivity (Wildman–Crippen MR) is 103 cm³/mol. The summed E-state index contributed by atoms with van der Waals surface area (Å²) in [7, 11) is 0. The minimum absolute atomic E-state index is 0.0484. The number of hydrogen-bond donors (Lipinski definition) is 1. The van der Waals surface area contributed by atoms with Crippen LogP contribution in [0.15, 0.2) is 40.4 Å². The maximum atomic E-state index is 13.1. The lowest BCUT2D eigenvalue weighted by Crippen LogP contribution is -2.35. The lowest BCUT2D eigenvalue weighted by Gasteiger charge is -2.27. The first kappa shape index (κ1) is 17.9.